The van der Waals surface area contributed by atoms with Crippen molar-refractivity contribution in [2.75, 3.05) is 10.6 Å². The van der Waals surface area contributed by atoms with E-state index < -0.39 is 6.02 Å². The summed E-state index contributed by atoms with van der Waals surface area (Å²) >= 11 is 13.4. The van der Waals surface area contributed by atoms with Crippen LogP contribution in [-0.2, 0) is 5.54 Å². The van der Waals surface area contributed by atoms with Gasteiger partial charge in [-0.2, -0.15) is 5.26 Å². The van der Waals surface area contributed by atoms with Crippen LogP contribution in [0.3, 0.4) is 0 Å². The molecule has 40 heavy (non-hydrogen) atoms. The van der Waals surface area contributed by atoms with Gasteiger partial charge in [0.05, 0.1) is 47.0 Å². The van der Waals surface area contributed by atoms with Crippen molar-refractivity contribution in [2.24, 2.45) is 0 Å². The molecule has 0 bridgehead atoms. The van der Waals surface area contributed by atoms with Crippen LogP contribution < -0.4 is 10.6 Å². The van der Waals surface area contributed by atoms with Gasteiger partial charge in [0.1, 0.15) is 11.8 Å². The highest BCUT2D eigenvalue weighted by atomic mass is 35.5. The SMILES string of the molecule is [2H][C@@](Nc1cc(Cl)c2ncc(C#N)c(NC3(c4ccccc4)CC3)c2c1)(c1cn(C2CC2)nn1)c1ccccc1Cl. The number of halogens is 2. The molecule has 2 aliphatic carbocycles. The Balaban J connectivity index is 1.35. The molecular weight excluding hydrogens is 541 g/mol. The minimum atomic E-state index is -1.57. The summed E-state index contributed by atoms with van der Waals surface area (Å²) in [7, 11) is 0. The molecule has 2 N–H and O–H groups in total. The first-order valence-electron chi connectivity index (χ1n) is 13.7. The van der Waals surface area contributed by atoms with Gasteiger partial charge >= 0.3 is 0 Å². The predicted molar refractivity (Wildman–Crippen MR) is 158 cm³/mol. The van der Waals surface area contributed by atoms with Gasteiger partial charge in [-0.25, -0.2) is 4.68 Å². The minimum Gasteiger partial charge on any atom is -0.374 e. The van der Waals surface area contributed by atoms with E-state index in [9.17, 15) is 6.63 Å². The number of fused-ring (bicyclic) bond motifs is 1. The van der Waals surface area contributed by atoms with Crippen LogP contribution in [0.5, 0.6) is 0 Å². The Kier molecular flexibility index (Phi) is 5.82. The molecule has 0 spiro atoms. The van der Waals surface area contributed by atoms with E-state index in [2.05, 4.69) is 44.1 Å². The molecule has 2 heterocycles. The maximum atomic E-state index is 10.0. The van der Waals surface area contributed by atoms with E-state index in [1.807, 2.05) is 47.3 Å². The van der Waals surface area contributed by atoms with Crippen LogP contribution >= 0.6 is 23.2 Å². The molecular formula is C31H25Cl2N7. The molecule has 5 aromatic rings. The minimum absolute atomic E-state index is 0.269. The lowest BCUT2D eigenvalue weighted by molar-refractivity contribution is 0.610. The second-order valence-corrected chi connectivity index (χ2v) is 11.2. The second-order valence-electron chi connectivity index (χ2n) is 10.4. The van der Waals surface area contributed by atoms with Crippen molar-refractivity contribution in [3.05, 3.63) is 112 Å². The Hall–Kier alpha value is -4.12. The Labute approximate surface area is 243 Å². The maximum Gasteiger partial charge on any atom is 0.110 e. The fourth-order valence-electron chi connectivity index (χ4n) is 5.14. The van der Waals surface area contributed by atoms with E-state index >= 15 is 0 Å². The zero-order valence-corrected chi connectivity index (χ0v) is 22.9. The number of nitriles is 1. The number of hydrogen-bond donors (Lipinski definition) is 2. The molecule has 9 heteroatoms. The van der Waals surface area contributed by atoms with Crippen molar-refractivity contribution in [2.45, 2.75) is 43.3 Å². The number of anilines is 2. The van der Waals surface area contributed by atoms with E-state index in [1.54, 1.807) is 24.4 Å². The molecule has 2 saturated carbocycles. The zero-order valence-electron chi connectivity index (χ0n) is 22.4. The van der Waals surface area contributed by atoms with Crippen molar-refractivity contribution in [1.29, 1.82) is 5.26 Å². The van der Waals surface area contributed by atoms with E-state index in [-0.39, 0.29) is 5.54 Å². The summed E-state index contributed by atoms with van der Waals surface area (Å²) in [5.74, 6) is 0. The monoisotopic (exact) mass is 566 g/mol. The van der Waals surface area contributed by atoms with Gasteiger partial charge in [-0.15, -0.1) is 5.10 Å². The van der Waals surface area contributed by atoms with Gasteiger partial charge in [-0.1, -0.05) is 76.9 Å². The first-order valence-corrected chi connectivity index (χ1v) is 14.0. The lowest BCUT2D eigenvalue weighted by Gasteiger charge is -2.23. The molecule has 0 unspecified atom stereocenters. The van der Waals surface area contributed by atoms with E-state index in [4.69, 9.17) is 23.2 Å². The van der Waals surface area contributed by atoms with Crippen molar-refractivity contribution in [1.82, 2.24) is 20.0 Å². The fraction of sp³-hybridized carbons (Fsp3) is 0.226. The summed E-state index contributed by atoms with van der Waals surface area (Å²) in [6.45, 7) is 0. The first kappa shape index (κ1) is 23.7. The first-order chi connectivity index (χ1) is 19.9. The largest absolute Gasteiger partial charge is 0.374 e. The van der Waals surface area contributed by atoms with Gasteiger partial charge in [0.2, 0.25) is 0 Å². The highest BCUT2D eigenvalue weighted by molar-refractivity contribution is 6.36. The molecule has 0 radical (unpaired) electrons. The summed E-state index contributed by atoms with van der Waals surface area (Å²) in [5, 5.41) is 27.3. The molecule has 0 amide bonds. The molecule has 3 aromatic carbocycles. The van der Waals surface area contributed by atoms with Crippen molar-refractivity contribution in [3.8, 4) is 6.07 Å². The van der Waals surface area contributed by atoms with Crippen LogP contribution in [0.1, 0.15) is 61.5 Å². The molecule has 2 fully saturated rings. The molecule has 2 aliphatic rings. The summed E-state index contributed by atoms with van der Waals surface area (Å²) in [5.41, 5.74) is 4.05. The fourth-order valence-corrected chi connectivity index (χ4v) is 5.64. The molecule has 7 nitrogen and oxygen atoms in total. The Morgan fingerprint density at radius 2 is 1.82 bits per heavy atom. The van der Waals surface area contributed by atoms with Gasteiger partial charge in [0.15, 0.2) is 0 Å². The predicted octanol–water partition coefficient (Wildman–Crippen LogP) is 7.64. The molecule has 198 valence electrons. The zero-order chi connectivity index (χ0) is 28.2. The van der Waals surface area contributed by atoms with Crippen LogP contribution in [0.4, 0.5) is 11.4 Å². The molecule has 1 atom stereocenters. The molecule has 0 saturated heterocycles. The third kappa shape index (κ3) is 4.53. The molecule has 7 rings (SSSR count). The summed E-state index contributed by atoms with van der Waals surface area (Å²) in [4.78, 5) is 4.52. The second kappa shape index (κ2) is 9.81. The Morgan fingerprint density at radius 3 is 2.55 bits per heavy atom. The van der Waals surface area contributed by atoms with Gasteiger partial charge in [0.25, 0.3) is 0 Å². The van der Waals surface area contributed by atoms with E-state index in [0.29, 0.717) is 55.2 Å². The van der Waals surface area contributed by atoms with Gasteiger partial charge < -0.3 is 10.6 Å². The average molecular weight is 568 g/mol. The topological polar surface area (TPSA) is 91.5 Å². The highest BCUT2D eigenvalue weighted by Crippen LogP contribution is 2.50. The third-order valence-electron chi connectivity index (χ3n) is 7.59. The number of aromatic nitrogens is 4. The van der Waals surface area contributed by atoms with E-state index in [0.717, 1.165) is 31.2 Å². The number of pyridine rings is 1. The number of hydrogen-bond acceptors (Lipinski definition) is 6. The summed E-state index contributed by atoms with van der Waals surface area (Å²) in [6.07, 6.45) is 7.33. The summed E-state index contributed by atoms with van der Waals surface area (Å²) < 4.78 is 11.5. The van der Waals surface area contributed by atoms with Crippen LogP contribution in [-0.4, -0.2) is 20.0 Å². The Bertz CT molecular complexity index is 1830. The number of nitrogens with zero attached hydrogens (tertiary/aromatic N) is 5. The lowest BCUT2D eigenvalue weighted by Crippen LogP contribution is -2.20. The number of benzene rings is 3. The van der Waals surface area contributed by atoms with Crippen LogP contribution in [0, 0.1) is 11.3 Å². The van der Waals surface area contributed by atoms with Crippen LogP contribution in [0.15, 0.2) is 79.1 Å². The van der Waals surface area contributed by atoms with Crippen LogP contribution in [0.2, 0.25) is 10.0 Å². The van der Waals surface area contributed by atoms with E-state index in [1.165, 1.54) is 0 Å². The number of rotatable bonds is 8. The standard InChI is InChI=1S/C31H25Cl2N7/c32-25-9-5-4-8-23(25)30(27-18-40(39-38-27)22-10-11-22)36-21-14-24-28(19(16-34)17-35-29(24)26(33)15-21)37-31(12-13-31)20-6-2-1-3-7-20/h1-9,14-15,17-18,22,30,36H,10-13H2,(H,35,37)/t30-/m0/s1/i30D. The molecule has 2 aromatic heterocycles. The lowest BCUT2D eigenvalue weighted by atomic mass is 10.0. The molecule has 0 aliphatic heterocycles. The smallest absolute Gasteiger partial charge is 0.110 e. The normalized spacial score (nSPS) is 17.5. The van der Waals surface area contributed by atoms with Gasteiger partial charge in [0, 0.05) is 22.3 Å². The van der Waals surface area contributed by atoms with Gasteiger partial charge in [-0.05, 0) is 55.0 Å². The van der Waals surface area contributed by atoms with Crippen LogP contribution in [0.25, 0.3) is 10.9 Å². The number of nitrogens with one attached hydrogen (secondary N) is 2. The third-order valence-corrected chi connectivity index (χ3v) is 8.20. The highest BCUT2D eigenvalue weighted by Gasteiger charge is 2.45. The average Bonchev–Trinajstić information content (AvgIpc) is 3.92. The van der Waals surface area contributed by atoms with Crippen molar-refractivity contribution >= 4 is 45.5 Å². The van der Waals surface area contributed by atoms with Crippen molar-refractivity contribution < 1.29 is 1.37 Å². The summed E-state index contributed by atoms with van der Waals surface area (Å²) in [6, 6.07) is 22.1. The van der Waals surface area contributed by atoms with Crippen molar-refractivity contribution in [3.63, 3.8) is 0 Å². The Morgan fingerprint density at radius 1 is 1.05 bits per heavy atom. The maximum absolute atomic E-state index is 10.0. The van der Waals surface area contributed by atoms with Gasteiger partial charge in [-0.3, -0.25) is 4.98 Å². The quantitative estimate of drug-likeness (QED) is 0.200.